The fraction of sp³-hybridized carbons (Fsp3) is 0.312. The molecule has 2 aromatic rings. The molecule has 3 heterocycles. The predicted octanol–water partition coefficient (Wildman–Crippen LogP) is 2.69. The van der Waals surface area contributed by atoms with E-state index in [1.165, 1.54) is 28.9 Å². The number of sulfonamides is 1. The van der Waals surface area contributed by atoms with Gasteiger partial charge in [-0.05, 0) is 33.3 Å². The van der Waals surface area contributed by atoms with Gasteiger partial charge in [0.2, 0.25) is 5.78 Å². The summed E-state index contributed by atoms with van der Waals surface area (Å²) < 4.78 is 26.6. The average Bonchev–Trinajstić information content (AvgIpc) is 2.80. The number of hydrogen-bond donors (Lipinski definition) is 1. The zero-order valence-electron chi connectivity index (χ0n) is 14.5. The number of thiophene rings is 1. The van der Waals surface area contributed by atoms with Gasteiger partial charge >= 0.3 is 0 Å². The molecule has 0 fully saturated rings. The van der Waals surface area contributed by atoms with E-state index in [0.717, 1.165) is 16.1 Å². The van der Waals surface area contributed by atoms with Crippen LogP contribution in [0.15, 0.2) is 17.2 Å². The monoisotopic (exact) mass is 378 g/mol. The predicted molar refractivity (Wildman–Crippen MR) is 98.7 cm³/mol. The summed E-state index contributed by atoms with van der Waals surface area (Å²) in [6.07, 6.45) is 1.21. The maximum atomic E-state index is 12.8. The topological polar surface area (TPSA) is 92.3 Å². The zero-order valence-corrected chi connectivity index (χ0v) is 16.2. The van der Waals surface area contributed by atoms with Gasteiger partial charge in [0, 0.05) is 29.9 Å². The highest BCUT2D eigenvalue weighted by Gasteiger charge is 2.41. The van der Waals surface area contributed by atoms with E-state index in [0.29, 0.717) is 22.2 Å². The van der Waals surface area contributed by atoms with Crippen molar-refractivity contribution in [1.29, 1.82) is 0 Å². The molecule has 0 aliphatic carbocycles. The second-order valence-electron chi connectivity index (χ2n) is 5.86. The Hall–Kier alpha value is -2.26. The SMILES string of the molecule is Cc1cc(N/C=C2/C(=O)c3c(sc(C)c3C)N(C)S2(=O)=O)nc(C)n1. The van der Waals surface area contributed by atoms with Crippen LogP contribution in [0.2, 0.25) is 0 Å². The van der Waals surface area contributed by atoms with Crippen LogP contribution in [-0.4, -0.2) is 31.2 Å². The first-order valence-electron chi connectivity index (χ1n) is 7.55. The van der Waals surface area contributed by atoms with Crippen molar-refractivity contribution in [2.45, 2.75) is 27.7 Å². The standard InChI is InChI=1S/C16H18N4O3S2/c1-8-6-13(19-11(4)18-8)17-7-12-15(21)14-9(2)10(3)24-16(14)20(5)25(12,22)23/h6-7H,1-5H3,(H,17,18,19)/b12-7-. The highest BCUT2D eigenvalue weighted by Crippen LogP contribution is 2.42. The van der Waals surface area contributed by atoms with Crippen LogP contribution >= 0.6 is 11.3 Å². The van der Waals surface area contributed by atoms with Crippen molar-refractivity contribution in [3.8, 4) is 0 Å². The largest absolute Gasteiger partial charge is 0.345 e. The van der Waals surface area contributed by atoms with Crippen molar-refractivity contribution in [2.75, 3.05) is 16.7 Å². The summed E-state index contributed by atoms with van der Waals surface area (Å²) in [6.45, 7) is 7.26. The zero-order chi connectivity index (χ0) is 18.5. The second kappa shape index (κ2) is 5.92. The Balaban J connectivity index is 2.09. The van der Waals surface area contributed by atoms with Crippen molar-refractivity contribution >= 4 is 38.0 Å². The number of carbonyl (C=O) groups excluding carboxylic acids is 1. The summed E-state index contributed by atoms with van der Waals surface area (Å²) in [5.74, 6) is 0.500. The molecule has 3 rings (SSSR count). The normalized spacial score (nSPS) is 17.7. The molecule has 132 valence electrons. The molecule has 0 saturated heterocycles. The number of carbonyl (C=O) groups is 1. The Bertz CT molecular complexity index is 1000. The van der Waals surface area contributed by atoms with Crippen LogP contribution in [0.4, 0.5) is 10.8 Å². The Kier molecular flexibility index (Phi) is 4.16. The van der Waals surface area contributed by atoms with Gasteiger partial charge in [0.15, 0.2) is 4.91 Å². The van der Waals surface area contributed by atoms with Gasteiger partial charge in [-0.2, -0.15) is 0 Å². The minimum Gasteiger partial charge on any atom is -0.345 e. The molecule has 2 aromatic heterocycles. The van der Waals surface area contributed by atoms with E-state index in [1.54, 1.807) is 13.0 Å². The lowest BCUT2D eigenvalue weighted by molar-refractivity contribution is 0.104. The fourth-order valence-electron chi connectivity index (χ4n) is 2.67. The van der Waals surface area contributed by atoms with Crippen molar-refractivity contribution < 1.29 is 13.2 Å². The molecular weight excluding hydrogens is 360 g/mol. The van der Waals surface area contributed by atoms with Crippen molar-refractivity contribution in [3.05, 3.63) is 44.7 Å². The van der Waals surface area contributed by atoms with Crippen LogP contribution in [0, 0.1) is 27.7 Å². The molecule has 25 heavy (non-hydrogen) atoms. The van der Waals surface area contributed by atoms with Gasteiger partial charge in [-0.3, -0.25) is 9.10 Å². The number of hydrogen-bond acceptors (Lipinski definition) is 7. The van der Waals surface area contributed by atoms with Gasteiger partial charge in [-0.1, -0.05) is 0 Å². The highest BCUT2D eigenvalue weighted by atomic mass is 32.2. The Morgan fingerprint density at radius 1 is 1.20 bits per heavy atom. The van der Waals surface area contributed by atoms with E-state index in [1.807, 2.05) is 20.8 Å². The Morgan fingerprint density at radius 2 is 1.88 bits per heavy atom. The lowest BCUT2D eigenvalue weighted by Gasteiger charge is -2.25. The minimum absolute atomic E-state index is 0.294. The molecule has 9 heteroatoms. The number of nitrogens with one attached hydrogen (secondary N) is 1. The molecule has 1 N–H and O–H groups in total. The Labute approximate surface area is 150 Å². The number of rotatable bonds is 2. The second-order valence-corrected chi connectivity index (χ2v) is 9.00. The molecule has 0 unspecified atom stereocenters. The number of nitrogens with zero attached hydrogens (tertiary/aromatic N) is 3. The minimum atomic E-state index is -3.91. The lowest BCUT2D eigenvalue weighted by atomic mass is 10.1. The molecule has 7 nitrogen and oxygen atoms in total. The fourth-order valence-corrected chi connectivity index (χ4v) is 5.24. The van der Waals surface area contributed by atoms with Gasteiger partial charge in [-0.25, -0.2) is 18.4 Å². The third-order valence-corrected chi connectivity index (χ3v) is 7.22. The smallest absolute Gasteiger partial charge is 0.270 e. The molecule has 1 aliphatic heterocycles. The van der Waals surface area contributed by atoms with Gasteiger partial charge in [0.05, 0.1) is 5.56 Å². The van der Waals surface area contributed by atoms with Gasteiger partial charge in [0.1, 0.15) is 16.6 Å². The molecule has 0 saturated carbocycles. The third-order valence-electron chi connectivity index (χ3n) is 4.06. The molecule has 0 radical (unpaired) electrons. The van der Waals surface area contributed by atoms with Crippen LogP contribution in [0.3, 0.4) is 0 Å². The number of anilines is 2. The Morgan fingerprint density at radius 3 is 2.52 bits per heavy atom. The van der Waals surface area contributed by atoms with Crippen LogP contribution in [0.25, 0.3) is 0 Å². The quantitative estimate of drug-likeness (QED) is 0.808. The summed E-state index contributed by atoms with van der Waals surface area (Å²) in [5, 5.41) is 3.29. The van der Waals surface area contributed by atoms with Crippen LogP contribution in [-0.2, 0) is 10.0 Å². The number of ketones is 1. The maximum Gasteiger partial charge on any atom is 0.270 e. The summed E-state index contributed by atoms with van der Waals surface area (Å²) in [6, 6.07) is 1.68. The van der Waals surface area contributed by atoms with E-state index in [2.05, 4.69) is 15.3 Å². The number of Topliss-reactive ketones (excluding diaryl/α,β-unsaturated/α-hetero) is 1. The van der Waals surface area contributed by atoms with Crippen LogP contribution in [0.5, 0.6) is 0 Å². The maximum absolute atomic E-state index is 12.8. The molecule has 0 bridgehead atoms. The summed E-state index contributed by atoms with van der Waals surface area (Å²) in [5.41, 5.74) is 2.00. The van der Waals surface area contributed by atoms with E-state index in [4.69, 9.17) is 0 Å². The number of fused-ring (bicyclic) bond motifs is 1. The molecule has 1 aliphatic rings. The first kappa shape index (κ1) is 17.6. The summed E-state index contributed by atoms with van der Waals surface area (Å²) >= 11 is 1.31. The first-order chi connectivity index (χ1) is 11.6. The number of aromatic nitrogens is 2. The average molecular weight is 378 g/mol. The van der Waals surface area contributed by atoms with Gasteiger partial charge in [0.25, 0.3) is 10.0 Å². The van der Waals surface area contributed by atoms with Gasteiger partial charge in [-0.15, -0.1) is 11.3 Å². The molecule has 0 atom stereocenters. The summed E-state index contributed by atoms with van der Waals surface area (Å²) in [4.78, 5) is 21.8. The van der Waals surface area contributed by atoms with Crippen LogP contribution in [0.1, 0.15) is 32.3 Å². The van der Waals surface area contributed by atoms with Crippen molar-refractivity contribution in [3.63, 3.8) is 0 Å². The lowest BCUT2D eigenvalue weighted by Crippen LogP contribution is -2.36. The highest BCUT2D eigenvalue weighted by molar-refractivity contribution is 7.98. The van der Waals surface area contributed by atoms with Gasteiger partial charge < -0.3 is 5.32 Å². The van der Waals surface area contributed by atoms with Crippen LogP contribution < -0.4 is 9.62 Å². The molecule has 0 amide bonds. The summed E-state index contributed by atoms with van der Waals surface area (Å²) in [7, 11) is -2.45. The third kappa shape index (κ3) is 2.83. The first-order valence-corrected chi connectivity index (χ1v) is 9.81. The number of allylic oxidation sites excluding steroid dienone is 1. The molecule has 0 spiro atoms. The van der Waals surface area contributed by atoms with Crippen molar-refractivity contribution in [2.24, 2.45) is 0 Å². The van der Waals surface area contributed by atoms with E-state index >= 15 is 0 Å². The molecular formula is C16H18N4O3S2. The van der Waals surface area contributed by atoms with E-state index < -0.39 is 15.8 Å². The molecule has 0 aromatic carbocycles. The van der Waals surface area contributed by atoms with E-state index in [-0.39, 0.29) is 4.91 Å². The number of aryl methyl sites for hydroxylation is 3. The van der Waals surface area contributed by atoms with Crippen molar-refractivity contribution in [1.82, 2.24) is 9.97 Å². The van der Waals surface area contributed by atoms with E-state index in [9.17, 15) is 13.2 Å².